The van der Waals surface area contributed by atoms with Crippen LogP contribution in [0.25, 0.3) is 0 Å². The lowest BCUT2D eigenvalue weighted by Gasteiger charge is -2.23. The van der Waals surface area contributed by atoms with Crippen LogP contribution in [-0.4, -0.2) is 44.0 Å². The van der Waals surface area contributed by atoms with E-state index < -0.39 is 10.0 Å². The van der Waals surface area contributed by atoms with Crippen molar-refractivity contribution in [1.82, 2.24) is 10.3 Å². The summed E-state index contributed by atoms with van der Waals surface area (Å²) in [5.74, 6) is 0.648. The van der Waals surface area contributed by atoms with Crippen LogP contribution in [0.3, 0.4) is 0 Å². The molecule has 0 bridgehead atoms. The first-order valence-electron chi connectivity index (χ1n) is 10.1. The van der Waals surface area contributed by atoms with Crippen LogP contribution in [0.1, 0.15) is 49.8 Å². The second kappa shape index (κ2) is 8.83. The quantitative estimate of drug-likeness (QED) is 0.563. The van der Waals surface area contributed by atoms with Gasteiger partial charge in [-0.25, -0.2) is 5.01 Å². The van der Waals surface area contributed by atoms with E-state index in [-0.39, 0.29) is 35.6 Å². The van der Waals surface area contributed by atoms with E-state index in [1.165, 1.54) is 30.0 Å². The molecule has 1 aliphatic heterocycles. The van der Waals surface area contributed by atoms with Crippen molar-refractivity contribution in [1.29, 1.82) is 0 Å². The number of hydrogen-bond donors (Lipinski definition) is 1. The Bertz CT molecular complexity index is 1050. The molecule has 1 aliphatic carbocycles. The fraction of sp³-hybridized carbons (Fsp3) is 0.381. The molecule has 0 spiro atoms. The molecule has 2 aliphatic rings. The van der Waals surface area contributed by atoms with E-state index in [1.54, 1.807) is 30.3 Å². The summed E-state index contributed by atoms with van der Waals surface area (Å²) in [6.07, 6.45) is 8.68. The Kier molecular flexibility index (Phi) is 5.98. The van der Waals surface area contributed by atoms with Crippen molar-refractivity contribution in [2.45, 2.75) is 49.5 Å². The summed E-state index contributed by atoms with van der Waals surface area (Å²) in [5.41, 5.74) is 0.474. The molecule has 158 valence electrons. The zero-order chi connectivity index (χ0) is 21.0. The molecule has 30 heavy (non-hydrogen) atoms. The van der Waals surface area contributed by atoms with Gasteiger partial charge in [-0.1, -0.05) is 31.4 Å². The summed E-state index contributed by atoms with van der Waals surface area (Å²) < 4.78 is 34.1. The summed E-state index contributed by atoms with van der Waals surface area (Å²) in [5, 5.41) is 8.90. The Morgan fingerprint density at radius 3 is 2.77 bits per heavy atom. The van der Waals surface area contributed by atoms with Gasteiger partial charge in [0.05, 0.1) is 19.0 Å². The molecule has 0 atom stereocenters. The van der Waals surface area contributed by atoms with Gasteiger partial charge in [0.15, 0.2) is 5.84 Å². The Morgan fingerprint density at radius 1 is 1.20 bits per heavy atom. The van der Waals surface area contributed by atoms with Crippen molar-refractivity contribution < 1.29 is 17.6 Å². The molecule has 1 saturated carbocycles. The molecule has 1 aromatic heterocycles. The standard InChI is InChI=1S/C21H24N4O4S/c26-20(23-16-7-2-1-3-8-16)12-13-25(22-15-17-9-6-14-29-17)21-18-10-4-5-11-19(18)30(27,28)24-21/h4-6,9-11,14-16H,1-3,7-8,12-13H2,(H,23,26)/b22-15+. The first kappa shape index (κ1) is 20.3. The van der Waals surface area contributed by atoms with Gasteiger partial charge in [-0.2, -0.15) is 13.5 Å². The third-order valence-electron chi connectivity index (χ3n) is 5.25. The fourth-order valence-electron chi connectivity index (χ4n) is 3.74. The van der Waals surface area contributed by atoms with Crippen LogP contribution in [0.2, 0.25) is 0 Å². The number of sulfonamides is 1. The van der Waals surface area contributed by atoms with Crippen molar-refractivity contribution in [3.8, 4) is 0 Å². The third kappa shape index (κ3) is 4.62. The van der Waals surface area contributed by atoms with Gasteiger partial charge in [-0.05, 0) is 37.1 Å². The third-order valence-corrected chi connectivity index (χ3v) is 6.57. The average molecular weight is 429 g/mol. The number of nitrogens with zero attached hydrogens (tertiary/aromatic N) is 3. The maximum Gasteiger partial charge on any atom is 0.285 e. The summed E-state index contributed by atoms with van der Waals surface area (Å²) in [6, 6.07) is 10.3. The maximum atomic E-state index is 12.5. The van der Waals surface area contributed by atoms with Crippen LogP contribution in [0.15, 0.2) is 61.5 Å². The van der Waals surface area contributed by atoms with Gasteiger partial charge in [-0.15, -0.1) is 4.40 Å². The van der Waals surface area contributed by atoms with Crippen molar-refractivity contribution >= 4 is 28.0 Å². The predicted octanol–water partition coefficient (Wildman–Crippen LogP) is 2.90. The molecular formula is C21H24N4O4S. The zero-order valence-electron chi connectivity index (χ0n) is 16.5. The molecule has 0 unspecified atom stereocenters. The monoisotopic (exact) mass is 428 g/mol. The predicted molar refractivity (Wildman–Crippen MR) is 113 cm³/mol. The van der Waals surface area contributed by atoms with Gasteiger partial charge in [0.2, 0.25) is 5.91 Å². The van der Waals surface area contributed by atoms with Crippen LogP contribution < -0.4 is 5.32 Å². The lowest BCUT2D eigenvalue weighted by Crippen LogP contribution is -2.38. The van der Waals surface area contributed by atoms with Crippen molar-refractivity contribution in [3.63, 3.8) is 0 Å². The van der Waals surface area contributed by atoms with E-state index in [2.05, 4.69) is 14.8 Å². The van der Waals surface area contributed by atoms with Crippen LogP contribution in [0.4, 0.5) is 0 Å². The zero-order valence-corrected chi connectivity index (χ0v) is 17.3. The van der Waals surface area contributed by atoms with E-state index in [1.807, 2.05) is 0 Å². The summed E-state index contributed by atoms with van der Waals surface area (Å²) in [7, 11) is -3.78. The average Bonchev–Trinajstić information content (AvgIpc) is 3.35. The van der Waals surface area contributed by atoms with Gasteiger partial charge >= 0.3 is 0 Å². The number of furan rings is 1. The lowest BCUT2D eigenvalue weighted by molar-refractivity contribution is -0.122. The second-order valence-electron chi connectivity index (χ2n) is 7.42. The lowest BCUT2D eigenvalue weighted by atomic mass is 9.95. The number of fused-ring (bicyclic) bond motifs is 1. The largest absolute Gasteiger partial charge is 0.463 e. The fourth-order valence-corrected chi connectivity index (χ4v) is 4.94. The van der Waals surface area contributed by atoms with E-state index in [0.717, 1.165) is 25.7 Å². The first-order chi connectivity index (χ1) is 14.5. The minimum Gasteiger partial charge on any atom is -0.463 e. The van der Waals surface area contributed by atoms with E-state index in [9.17, 15) is 13.2 Å². The number of benzene rings is 1. The molecule has 1 fully saturated rings. The summed E-state index contributed by atoms with van der Waals surface area (Å²) >= 11 is 0. The van der Waals surface area contributed by atoms with Gasteiger partial charge in [-0.3, -0.25) is 4.79 Å². The molecule has 0 radical (unpaired) electrons. The Labute approximate surface area is 175 Å². The minimum atomic E-state index is -3.78. The number of carbonyl (C=O) groups excluding carboxylic acids is 1. The molecule has 0 saturated heterocycles. The van der Waals surface area contributed by atoms with Crippen LogP contribution in [0, 0.1) is 0 Å². The molecule has 4 rings (SSSR count). The summed E-state index contributed by atoms with van der Waals surface area (Å²) in [6.45, 7) is 0.193. The van der Waals surface area contributed by atoms with Crippen LogP contribution >= 0.6 is 0 Å². The molecule has 1 amide bonds. The second-order valence-corrected chi connectivity index (χ2v) is 8.99. The number of hydrazone groups is 1. The SMILES string of the molecule is O=C(CCN(/N=C/c1ccco1)C1=NS(=O)(=O)c2ccccc21)NC1CCCCC1. The molecule has 1 N–H and O–H groups in total. The number of hydrogen-bond acceptors (Lipinski definition) is 6. The maximum absolute atomic E-state index is 12.5. The highest BCUT2D eigenvalue weighted by Gasteiger charge is 2.32. The molecule has 8 nitrogen and oxygen atoms in total. The van der Waals surface area contributed by atoms with E-state index >= 15 is 0 Å². The van der Waals surface area contributed by atoms with Crippen molar-refractivity contribution in [2.75, 3.05) is 6.54 Å². The van der Waals surface area contributed by atoms with Gasteiger partial charge in [0, 0.05) is 18.0 Å². The Balaban J connectivity index is 1.52. The summed E-state index contributed by atoms with van der Waals surface area (Å²) in [4.78, 5) is 12.6. The van der Waals surface area contributed by atoms with Crippen molar-refractivity contribution in [2.24, 2.45) is 9.50 Å². The highest BCUT2D eigenvalue weighted by molar-refractivity contribution is 7.90. The highest BCUT2D eigenvalue weighted by atomic mass is 32.2. The topological polar surface area (TPSA) is 104 Å². The van der Waals surface area contributed by atoms with Crippen LogP contribution in [-0.2, 0) is 14.8 Å². The van der Waals surface area contributed by atoms with Crippen LogP contribution in [0.5, 0.6) is 0 Å². The smallest absolute Gasteiger partial charge is 0.285 e. The highest BCUT2D eigenvalue weighted by Crippen LogP contribution is 2.27. The normalized spacial score (nSPS) is 18.2. The number of carbonyl (C=O) groups is 1. The molecule has 1 aromatic carbocycles. The van der Waals surface area contributed by atoms with Gasteiger partial charge in [0.1, 0.15) is 10.7 Å². The Hall–Kier alpha value is -2.94. The number of rotatable bonds is 6. The molecule has 2 heterocycles. The number of amides is 1. The molecular weight excluding hydrogens is 404 g/mol. The first-order valence-corrected chi connectivity index (χ1v) is 11.6. The van der Waals surface area contributed by atoms with Crippen molar-refractivity contribution in [3.05, 3.63) is 54.0 Å². The molecule has 2 aromatic rings. The minimum absolute atomic E-state index is 0.0742. The van der Waals surface area contributed by atoms with E-state index in [4.69, 9.17) is 4.42 Å². The van der Waals surface area contributed by atoms with Gasteiger partial charge < -0.3 is 9.73 Å². The number of nitrogens with one attached hydrogen (secondary N) is 1. The van der Waals surface area contributed by atoms with E-state index in [0.29, 0.717) is 11.3 Å². The van der Waals surface area contributed by atoms with Gasteiger partial charge in [0.25, 0.3) is 10.0 Å². The Morgan fingerprint density at radius 2 is 2.00 bits per heavy atom. The molecule has 9 heteroatoms. The number of amidine groups is 1.